The molecule has 2 N–H and O–H groups in total. The van der Waals surface area contributed by atoms with Gasteiger partial charge in [-0.15, -0.1) is 6.42 Å². The maximum absolute atomic E-state index is 12.1. The molecule has 5 heteroatoms. The van der Waals surface area contributed by atoms with Crippen molar-refractivity contribution in [1.29, 1.82) is 0 Å². The van der Waals surface area contributed by atoms with Crippen LogP contribution in [-0.4, -0.2) is 43.4 Å². The molecule has 1 aliphatic carbocycles. The lowest BCUT2D eigenvalue weighted by Crippen LogP contribution is -2.44. The smallest absolute Gasteiger partial charge is 0.243 e. The third kappa shape index (κ3) is 3.53. The van der Waals surface area contributed by atoms with Gasteiger partial charge in [-0.25, -0.2) is 0 Å². The molecule has 1 amide bonds. The molecule has 1 saturated heterocycles. The van der Waals surface area contributed by atoms with E-state index < -0.39 is 0 Å². The van der Waals surface area contributed by atoms with Crippen molar-refractivity contribution in [2.75, 3.05) is 32.0 Å². The van der Waals surface area contributed by atoms with E-state index in [4.69, 9.17) is 6.42 Å². The molecular weight excluding hydrogens is 300 g/mol. The fourth-order valence-corrected chi connectivity index (χ4v) is 3.58. The second kappa shape index (κ2) is 6.96. The standard InChI is InChI=1S/C19H24N4O/c1-3-15-6-4-7-16(12-15)22-17(24)13-21-18(20-2)23-11-10-19(14-23)8-5-9-19/h1,4,6-7,12H,5,8-11,13-14H2,2H3,(H,20,21)(H,22,24). The Labute approximate surface area is 143 Å². The van der Waals surface area contributed by atoms with Gasteiger partial charge in [-0.3, -0.25) is 9.79 Å². The number of carbonyl (C=O) groups excluding carboxylic acids is 1. The average Bonchev–Trinajstić information content (AvgIpc) is 3.01. The van der Waals surface area contributed by atoms with Crippen LogP contribution in [0.15, 0.2) is 29.3 Å². The molecular formula is C19H24N4O. The van der Waals surface area contributed by atoms with Crippen LogP contribution in [0.3, 0.4) is 0 Å². The van der Waals surface area contributed by atoms with E-state index >= 15 is 0 Å². The van der Waals surface area contributed by atoms with Crippen LogP contribution in [0.5, 0.6) is 0 Å². The van der Waals surface area contributed by atoms with Gasteiger partial charge in [-0.05, 0) is 42.9 Å². The van der Waals surface area contributed by atoms with E-state index in [2.05, 4.69) is 26.4 Å². The first-order valence-corrected chi connectivity index (χ1v) is 8.46. The van der Waals surface area contributed by atoms with Crippen LogP contribution >= 0.6 is 0 Å². The molecule has 1 aliphatic heterocycles. The molecule has 24 heavy (non-hydrogen) atoms. The van der Waals surface area contributed by atoms with Crippen LogP contribution < -0.4 is 10.6 Å². The number of amides is 1. The molecule has 1 spiro atoms. The van der Waals surface area contributed by atoms with Gasteiger partial charge in [0.2, 0.25) is 5.91 Å². The molecule has 3 rings (SSSR count). The SMILES string of the molecule is C#Cc1cccc(NC(=O)CNC(=NC)N2CCC3(CCC3)C2)c1. The van der Waals surface area contributed by atoms with E-state index in [1.165, 1.54) is 25.7 Å². The predicted molar refractivity (Wildman–Crippen MR) is 96.8 cm³/mol. The van der Waals surface area contributed by atoms with Crippen LogP contribution in [0, 0.1) is 17.8 Å². The quantitative estimate of drug-likeness (QED) is 0.508. The van der Waals surface area contributed by atoms with Crippen LogP contribution in [0.2, 0.25) is 0 Å². The Balaban J connectivity index is 1.50. The Hall–Kier alpha value is -2.48. The Kier molecular flexibility index (Phi) is 4.75. The molecule has 126 valence electrons. The van der Waals surface area contributed by atoms with E-state index in [-0.39, 0.29) is 12.5 Å². The van der Waals surface area contributed by atoms with Crippen LogP contribution in [-0.2, 0) is 4.79 Å². The molecule has 1 heterocycles. The minimum atomic E-state index is -0.108. The summed E-state index contributed by atoms with van der Waals surface area (Å²) in [6.07, 6.45) is 10.6. The zero-order chi connectivity index (χ0) is 17.0. The molecule has 0 unspecified atom stereocenters. The van der Waals surface area contributed by atoms with Crippen LogP contribution in [0.4, 0.5) is 5.69 Å². The lowest BCUT2D eigenvalue weighted by atomic mass is 9.68. The number of rotatable bonds is 3. The highest BCUT2D eigenvalue weighted by Crippen LogP contribution is 2.47. The number of hydrogen-bond donors (Lipinski definition) is 2. The molecule has 1 aromatic carbocycles. The van der Waals surface area contributed by atoms with Gasteiger partial charge in [0.15, 0.2) is 5.96 Å². The second-order valence-corrected chi connectivity index (χ2v) is 6.70. The van der Waals surface area contributed by atoms with E-state index in [0.717, 1.165) is 24.6 Å². The summed E-state index contributed by atoms with van der Waals surface area (Å²) in [6.45, 7) is 2.26. The topological polar surface area (TPSA) is 56.7 Å². The first-order valence-electron chi connectivity index (χ1n) is 8.46. The summed E-state index contributed by atoms with van der Waals surface area (Å²) in [5.41, 5.74) is 1.97. The maximum Gasteiger partial charge on any atom is 0.243 e. The first-order chi connectivity index (χ1) is 11.6. The van der Waals surface area contributed by atoms with Crippen molar-refractivity contribution < 1.29 is 4.79 Å². The third-order valence-corrected chi connectivity index (χ3v) is 5.08. The summed E-state index contributed by atoms with van der Waals surface area (Å²) in [5.74, 6) is 3.27. The van der Waals surface area contributed by atoms with Crippen LogP contribution in [0.1, 0.15) is 31.2 Å². The van der Waals surface area contributed by atoms with Crippen molar-refractivity contribution in [2.24, 2.45) is 10.4 Å². The lowest BCUT2D eigenvalue weighted by Gasteiger charge is -2.38. The summed E-state index contributed by atoms with van der Waals surface area (Å²) < 4.78 is 0. The Bertz CT molecular complexity index is 685. The predicted octanol–water partition coefficient (Wildman–Crippen LogP) is 2.06. The molecule has 5 nitrogen and oxygen atoms in total. The number of benzene rings is 1. The maximum atomic E-state index is 12.1. The van der Waals surface area contributed by atoms with Crippen molar-refractivity contribution in [2.45, 2.75) is 25.7 Å². The van der Waals surface area contributed by atoms with Crippen molar-refractivity contribution in [1.82, 2.24) is 10.2 Å². The number of likely N-dealkylation sites (tertiary alicyclic amines) is 1. The highest BCUT2D eigenvalue weighted by atomic mass is 16.1. The third-order valence-electron chi connectivity index (χ3n) is 5.08. The Morgan fingerprint density at radius 3 is 2.88 bits per heavy atom. The lowest BCUT2D eigenvalue weighted by molar-refractivity contribution is -0.115. The van der Waals surface area contributed by atoms with Crippen molar-refractivity contribution in [3.05, 3.63) is 29.8 Å². The number of carbonyl (C=O) groups is 1. The molecule has 2 fully saturated rings. The summed E-state index contributed by atoms with van der Waals surface area (Å²) in [6, 6.07) is 7.28. The van der Waals surface area contributed by atoms with E-state index in [9.17, 15) is 4.79 Å². The molecule has 0 bridgehead atoms. The Morgan fingerprint density at radius 1 is 1.42 bits per heavy atom. The monoisotopic (exact) mass is 324 g/mol. The number of nitrogens with one attached hydrogen (secondary N) is 2. The molecule has 1 saturated carbocycles. The van der Waals surface area contributed by atoms with Crippen molar-refractivity contribution in [3.8, 4) is 12.3 Å². The van der Waals surface area contributed by atoms with Gasteiger partial charge in [0, 0.05) is 31.4 Å². The number of nitrogens with zero attached hydrogens (tertiary/aromatic N) is 2. The molecule has 2 aliphatic rings. The largest absolute Gasteiger partial charge is 0.347 e. The fourth-order valence-electron chi connectivity index (χ4n) is 3.58. The van der Waals surface area contributed by atoms with Gasteiger partial charge in [-0.2, -0.15) is 0 Å². The number of terminal acetylenes is 1. The number of guanidine groups is 1. The number of aliphatic imine (C=N–C) groups is 1. The van der Waals surface area contributed by atoms with Gasteiger partial charge in [0.1, 0.15) is 0 Å². The van der Waals surface area contributed by atoms with E-state index in [1.54, 1.807) is 13.1 Å². The van der Waals surface area contributed by atoms with Crippen molar-refractivity contribution >= 4 is 17.6 Å². The Morgan fingerprint density at radius 2 is 2.25 bits per heavy atom. The summed E-state index contributed by atoms with van der Waals surface area (Å²) >= 11 is 0. The molecule has 0 atom stereocenters. The summed E-state index contributed by atoms with van der Waals surface area (Å²) in [7, 11) is 1.77. The van der Waals surface area contributed by atoms with Crippen molar-refractivity contribution in [3.63, 3.8) is 0 Å². The summed E-state index contributed by atoms with van der Waals surface area (Å²) in [4.78, 5) is 18.7. The highest BCUT2D eigenvalue weighted by molar-refractivity contribution is 5.95. The molecule has 0 aromatic heterocycles. The van der Waals surface area contributed by atoms with Gasteiger partial charge >= 0.3 is 0 Å². The van der Waals surface area contributed by atoms with Gasteiger partial charge in [0.25, 0.3) is 0 Å². The number of hydrogen-bond acceptors (Lipinski definition) is 2. The highest BCUT2D eigenvalue weighted by Gasteiger charge is 2.43. The minimum absolute atomic E-state index is 0.108. The normalized spacial score (nSPS) is 18.8. The van der Waals surface area contributed by atoms with Gasteiger partial charge in [0.05, 0.1) is 6.54 Å². The summed E-state index contributed by atoms with van der Waals surface area (Å²) in [5, 5.41) is 6.02. The first kappa shape index (κ1) is 16.4. The second-order valence-electron chi connectivity index (χ2n) is 6.70. The number of anilines is 1. The fraction of sp³-hybridized carbons (Fsp3) is 0.474. The zero-order valence-corrected chi connectivity index (χ0v) is 14.1. The van der Waals surface area contributed by atoms with Gasteiger partial charge in [-0.1, -0.05) is 18.4 Å². The van der Waals surface area contributed by atoms with E-state index in [1.807, 2.05) is 18.2 Å². The molecule has 1 aromatic rings. The van der Waals surface area contributed by atoms with Crippen LogP contribution in [0.25, 0.3) is 0 Å². The van der Waals surface area contributed by atoms with E-state index in [0.29, 0.717) is 11.1 Å². The zero-order valence-electron chi connectivity index (χ0n) is 14.1. The average molecular weight is 324 g/mol. The minimum Gasteiger partial charge on any atom is -0.347 e. The molecule has 0 radical (unpaired) electrons. The van der Waals surface area contributed by atoms with Gasteiger partial charge < -0.3 is 15.5 Å².